The number of hydrogen-bond donors (Lipinski definition) is 1. The highest BCUT2D eigenvalue weighted by Gasteiger charge is 2.46. The molecule has 1 N–H and O–H groups in total. The van der Waals surface area contributed by atoms with E-state index in [0.717, 1.165) is 44.3 Å². The van der Waals surface area contributed by atoms with Gasteiger partial charge in [-0.3, -0.25) is 4.90 Å². The lowest BCUT2D eigenvalue weighted by atomic mass is 9.60. The molecule has 2 fully saturated rings. The van der Waals surface area contributed by atoms with Crippen LogP contribution in [0.5, 0.6) is 0 Å². The van der Waals surface area contributed by atoms with Crippen LogP contribution in [0.25, 0.3) is 0 Å². The fraction of sp³-hybridized carbons (Fsp3) is 0.611. The van der Waals surface area contributed by atoms with E-state index in [4.69, 9.17) is 0 Å². The van der Waals surface area contributed by atoms with E-state index in [9.17, 15) is 9.18 Å². The first kappa shape index (κ1) is 16.2. The number of hydrogen-bond acceptors (Lipinski definition) is 2. The molecule has 1 saturated carbocycles. The number of nitrogens with one attached hydrogen (secondary N) is 1. The molecule has 0 atom stereocenters. The number of carbonyl (C=O) groups is 1. The van der Waals surface area contributed by atoms with Gasteiger partial charge < -0.3 is 10.2 Å². The number of piperidine rings is 1. The van der Waals surface area contributed by atoms with E-state index in [1.54, 1.807) is 25.1 Å². The molecule has 126 valence electrons. The molecular formula is C18H26FN3O. The Labute approximate surface area is 137 Å². The predicted molar refractivity (Wildman–Crippen MR) is 88.6 cm³/mol. The molecule has 23 heavy (non-hydrogen) atoms. The molecule has 3 rings (SSSR count). The lowest BCUT2D eigenvalue weighted by molar-refractivity contribution is 0.00611. The van der Waals surface area contributed by atoms with Gasteiger partial charge in [0.15, 0.2) is 0 Å². The molecule has 0 bridgehead atoms. The molecule has 0 aromatic heterocycles. The summed E-state index contributed by atoms with van der Waals surface area (Å²) >= 11 is 0. The van der Waals surface area contributed by atoms with Crippen molar-refractivity contribution in [2.24, 2.45) is 5.41 Å². The van der Waals surface area contributed by atoms with E-state index < -0.39 is 0 Å². The monoisotopic (exact) mass is 319 g/mol. The van der Waals surface area contributed by atoms with Crippen molar-refractivity contribution in [3.8, 4) is 0 Å². The van der Waals surface area contributed by atoms with Crippen LogP contribution in [-0.4, -0.2) is 49.1 Å². The third-order valence-electron chi connectivity index (χ3n) is 5.36. The zero-order chi connectivity index (χ0) is 16.4. The maximum atomic E-state index is 13.7. The number of urea groups is 1. The third-order valence-corrected chi connectivity index (χ3v) is 5.36. The molecule has 2 amide bonds. The fourth-order valence-electron chi connectivity index (χ4n) is 3.85. The van der Waals surface area contributed by atoms with Crippen molar-refractivity contribution in [2.75, 3.05) is 27.2 Å². The van der Waals surface area contributed by atoms with Crippen molar-refractivity contribution in [1.29, 1.82) is 0 Å². The van der Waals surface area contributed by atoms with Gasteiger partial charge in [0.25, 0.3) is 0 Å². The number of nitrogens with zero attached hydrogens (tertiary/aromatic N) is 2. The molecule has 2 aliphatic rings. The molecule has 1 aromatic rings. The van der Waals surface area contributed by atoms with E-state index >= 15 is 0 Å². The molecule has 1 heterocycles. The second-order valence-electron chi connectivity index (χ2n) is 7.32. The van der Waals surface area contributed by atoms with Gasteiger partial charge in [-0.25, -0.2) is 9.18 Å². The molecule has 1 aliphatic carbocycles. The summed E-state index contributed by atoms with van der Waals surface area (Å²) < 4.78 is 13.7. The lowest BCUT2D eigenvalue weighted by Gasteiger charge is -2.52. The van der Waals surface area contributed by atoms with Gasteiger partial charge in [-0.2, -0.15) is 0 Å². The first-order valence-corrected chi connectivity index (χ1v) is 8.41. The number of halogens is 1. The van der Waals surface area contributed by atoms with Crippen molar-refractivity contribution in [3.05, 3.63) is 35.6 Å². The van der Waals surface area contributed by atoms with Gasteiger partial charge in [-0.1, -0.05) is 18.2 Å². The van der Waals surface area contributed by atoms with Crippen LogP contribution in [0.4, 0.5) is 9.18 Å². The van der Waals surface area contributed by atoms with Gasteiger partial charge >= 0.3 is 6.03 Å². The SMILES string of the molecule is CN(C)C(=O)NC1CC2(CCN(Cc3ccccc3F)CC2)C1. The van der Waals surface area contributed by atoms with Gasteiger partial charge in [-0.15, -0.1) is 0 Å². The Kier molecular flexibility index (Phi) is 4.57. The number of amides is 2. The Morgan fingerprint density at radius 2 is 1.96 bits per heavy atom. The summed E-state index contributed by atoms with van der Waals surface area (Å²) in [4.78, 5) is 15.6. The maximum Gasteiger partial charge on any atom is 0.317 e. The topological polar surface area (TPSA) is 35.6 Å². The van der Waals surface area contributed by atoms with E-state index in [1.807, 2.05) is 12.1 Å². The first-order chi connectivity index (χ1) is 11.0. The van der Waals surface area contributed by atoms with Gasteiger partial charge in [0.1, 0.15) is 5.82 Å². The maximum absolute atomic E-state index is 13.7. The lowest BCUT2D eigenvalue weighted by Crippen LogP contribution is -2.56. The Morgan fingerprint density at radius 3 is 2.57 bits per heavy atom. The van der Waals surface area contributed by atoms with Crippen LogP contribution in [0.2, 0.25) is 0 Å². The summed E-state index contributed by atoms with van der Waals surface area (Å²) in [6.07, 6.45) is 4.46. The third kappa shape index (κ3) is 3.66. The number of benzene rings is 1. The number of likely N-dealkylation sites (tertiary alicyclic amines) is 1. The van der Waals surface area contributed by atoms with Crippen LogP contribution in [0.1, 0.15) is 31.2 Å². The van der Waals surface area contributed by atoms with Crippen LogP contribution >= 0.6 is 0 Å². The molecule has 5 heteroatoms. The van der Waals surface area contributed by atoms with Gasteiger partial charge in [0.05, 0.1) is 0 Å². The highest BCUT2D eigenvalue weighted by molar-refractivity contribution is 5.74. The molecule has 4 nitrogen and oxygen atoms in total. The highest BCUT2D eigenvalue weighted by Crippen LogP contribution is 2.49. The molecule has 1 aliphatic heterocycles. The van der Waals surface area contributed by atoms with E-state index in [-0.39, 0.29) is 11.8 Å². The summed E-state index contributed by atoms with van der Waals surface area (Å²) in [7, 11) is 3.54. The van der Waals surface area contributed by atoms with Crippen LogP contribution < -0.4 is 5.32 Å². The standard InChI is InChI=1S/C18H26FN3O/c1-21(2)17(23)20-15-11-18(12-15)7-9-22(10-8-18)13-14-5-3-4-6-16(14)19/h3-6,15H,7-13H2,1-2H3,(H,20,23). The first-order valence-electron chi connectivity index (χ1n) is 8.41. The van der Waals surface area contributed by atoms with Gasteiger partial charge in [0.2, 0.25) is 0 Å². The quantitative estimate of drug-likeness (QED) is 0.930. The Balaban J connectivity index is 1.45. The number of rotatable bonds is 3. The fourth-order valence-corrected chi connectivity index (χ4v) is 3.85. The summed E-state index contributed by atoms with van der Waals surface area (Å²) in [5, 5.41) is 3.07. The largest absolute Gasteiger partial charge is 0.335 e. The molecule has 0 unspecified atom stereocenters. The van der Waals surface area contributed by atoms with Crippen LogP contribution in [0.15, 0.2) is 24.3 Å². The summed E-state index contributed by atoms with van der Waals surface area (Å²) in [6.45, 7) is 2.73. The van der Waals surface area contributed by atoms with Crippen molar-refractivity contribution in [1.82, 2.24) is 15.1 Å². The second kappa shape index (κ2) is 6.48. The molecule has 0 radical (unpaired) electrons. The van der Waals surface area contributed by atoms with Crippen molar-refractivity contribution < 1.29 is 9.18 Å². The van der Waals surface area contributed by atoms with E-state index in [0.29, 0.717) is 18.0 Å². The second-order valence-corrected chi connectivity index (χ2v) is 7.32. The predicted octanol–water partition coefficient (Wildman–Crippen LogP) is 2.84. The summed E-state index contributed by atoms with van der Waals surface area (Å²) in [6, 6.07) is 7.36. The molecule has 1 aromatic carbocycles. The summed E-state index contributed by atoms with van der Waals surface area (Å²) in [5.41, 5.74) is 1.18. The van der Waals surface area contributed by atoms with Crippen molar-refractivity contribution in [3.63, 3.8) is 0 Å². The minimum Gasteiger partial charge on any atom is -0.335 e. The average Bonchev–Trinajstić information content (AvgIpc) is 2.49. The number of carbonyl (C=O) groups excluding carboxylic acids is 1. The van der Waals surface area contributed by atoms with Crippen molar-refractivity contribution >= 4 is 6.03 Å². The van der Waals surface area contributed by atoms with Gasteiger partial charge in [-0.05, 0) is 50.3 Å². The van der Waals surface area contributed by atoms with Crippen LogP contribution in [0, 0.1) is 11.2 Å². The minimum absolute atomic E-state index is 0.00170. The van der Waals surface area contributed by atoms with Crippen LogP contribution in [-0.2, 0) is 6.54 Å². The highest BCUT2D eigenvalue weighted by atomic mass is 19.1. The zero-order valence-electron chi connectivity index (χ0n) is 14.0. The summed E-state index contributed by atoms with van der Waals surface area (Å²) in [5.74, 6) is -0.108. The van der Waals surface area contributed by atoms with Gasteiger partial charge in [0, 0.05) is 32.2 Å². The van der Waals surface area contributed by atoms with E-state index in [1.165, 1.54) is 6.07 Å². The smallest absolute Gasteiger partial charge is 0.317 e. The zero-order valence-corrected chi connectivity index (χ0v) is 14.0. The average molecular weight is 319 g/mol. The van der Waals surface area contributed by atoms with E-state index in [2.05, 4.69) is 10.2 Å². The molecule has 1 spiro atoms. The Bertz CT molecular complexity index is 559. The molecular weight excluding hydrogens is 293 g/mol. The normalized spacial score (nSPS) is 21.0. The van der Waals surface area contributed by atoms with Crippen molar-refractivity contribution in [2.45, 2.75) is 38.3 Å². The minimum atomic E-state index is -0.108. The Hall–Kier alpha value is -1.62. The Morgan fingerprint density at radius 1 is 1.30 bits per heavy atom. The molecule has 1 saturated heterocycles. The van der Waals surface area contributed by atoms with Crippen LogP contribution in [0.3, 0.4) is 0 Å².